The third kappa shape index (κ3) is 5.20. The Hall–Kier alpha value is -2.30. The SMILES string of the molecule is NS(=O)(=O)c1cc(Oc2ccccc2)ccc1NS(=O)(=O)c1ccc(Cl)c(Cl)c1. The van der Waals surface area contributed by atoms with Gasteiger partial charge in [0.1, 0.15) is 16.4 Å². The van der Waals surface area contributed by atoms with Crippen molar-refractivity contribution in [2.75, 3.05) is 4.72 Å². The van der Waals surface area contributed by atoms with Crippen LogP contribution in [0, 0.1) is 0 Å². The number of para-hydroxylation sites is 1. The summed E-state index contributed by atoms with van der Waals surface area (Å²) >= 11 is 11.7. The van der Waals surface area contributed by atoms with E-state index in [9.17, 15) is 16.8 Å². The van der Waals surface area contributed by atoms with Gasteiger partial charge in [-0.15, -0.1) is 0 Å². The lowest BCUT2D eigenvalue weighted by atomic mass is 10.3. The maximum absolute atomic E-state index is 12.6. The number of sulfonamides is 2. The van der Waals surface area contributed by atoms with Crippen LogP contribution in [-0.4, -0.2) is 16.8 Å². The van der Waals surface area contributed by atoms with E-state index < -0.39 is 24.9 Å². The summed E-state index contributed by atoms with van der Waals surface area (Å²) < 4.78 is 57.1. The van der Waals surface area contributed by atoms with E-state index in [1.165, 1.54) is 24.3 Å². The highest BCUT2D eigenvalue weighted by Crippen LogP contribution is 2.31. The first-order chi connectivity index (χ1) is 13.6. The zero-order valence-corrected chi connectivity index (χ0v) is 17.7. The number of anilines is 1. The smallest absolute Gasteiger partial charge is 0.261 e. The van der Waals surface area contributed by atoms with Gasteiger partial charge in [-0.3, -0.25) is 4.72 Å². The largest absolute Gasteiger partial charge is 0.457 e. The van der Waals surface area contributed by atoms with Crippen LogP contribution in [0.25, 0.3) is 0 Å². The van der Waals surface area contributed by atoms with Crippen molar-refractivity contribution >= 4 is 48.9 Å². The normalized spacial score (nSPS) is 11.8. The minimum atomic E-state index is -4.27. The molecule has 11 heteroatoms. The van der Waals surface area contributed by atoms with Crippen LogP contribution in [0.15, 0.2) is 76.5 Å². The zero-order chi connectivity index (χ0) is 21.2. The molecule has 0 unspecified atom stereocenters. The fraction of sp³-hybridized carbons (Fsp3) is 0. The Kier molecular flexibility index (Phi) is 6.06. The zero-order valence-electron chi connectivity index (χ0n) is 14.5. The van der Waals surface area contributed by atoms with Crippen LogP contribution in [0.3, 0.4) is 0 Å². The molecule has 0 radical (unpaired) electrons. The summed E-state index contributed by atoms with van der Waals surface area (Å²) in [7, 11) is -8.43. The fourth-order valence-electron chi connectivity index (χ4n) is 2.36. The van der Waals surface area contributed by atoms with E-state index in [0.717, 1.165) is 12.1 Å². The molecular weight excluding hydrogens is 459 g/mol. The highest BCUT2D eigenvalue weighted by molar-refractivity contribution is 7.93. The Bertz CT molecular complexity index is 1260. The van der Waals surface area contributed by atoms with Gasteiger partial charge in [0.25, 0.3) is 10.0 Å². The topological polar surface area (TPSA) is 116 Å². The Labute approximate surface area is 178 Å². The number of hydrogen-bond donors (Lipinski definition) is 2. The fourth-order valence-corrected chi connectivity index (χ4v) is 4.60. The molecule has 0 heterocycles. The molecule has 7 nitrogen and oxygen atoms in total. The average Bonchev–Trinajstić information content (AvgIpc) is 2.65. The van der Waals surface area contributed by atoms with Crippen LogP contribution in [0.1, 0.15) is 0 Å². The van der Waals surface area contributed by atoms with E-state index in [1.54, 1.807) is 30.3 Å². The van der Waals surface area contributed by atoms with Crippen molar-refractivity contribution in [3.8, 4) is 11.5 Å². The summed E-state index contributed by atoms with van der Waals surface area (Å²) in [6.45, 7) is 0. The van der Waals surface area contributed by atoms with Crippen LogP contribution in [0.5, 0.6) is 11.5 Å². The number of hydrogen-bond acceptors (Lipinski definition) is 5. The molecule has 0 saturated carbocycles. The highest BCUT2D eigenvalue weighted by Gasteiger charge is 2.22. The van der Waals surface area contributed by atoms with Crippen LogP contribution in [0.4, 0.5) is 5.69 Å². The number of primary sulfonamides is 1. The predicted octanol–water partition coefficient (Wildman–Crippen LogP) is 4.23. The molecule has 0 amide bonds. The molecule has 0 bridgehead atoms. The predicted molar refractivity (Wildman–Crippen MR) is 112 cm³/mol. The molecule has 0 spiro atoms. The Balaban J connectivity index is 1.99. The minimum absolute atomic E-state index is 0.0350. The van der Waals surface area contributed by atoms with Crippen molar-refractivity contribution in [1.82, 2.24) is 0 Å². The first kappa shape index (κ1) is 21.4. The van der Waals surface area contributed by atoms with E-state index in [0.29, 0.717) is 5.75 Å². The number of halogens is 2. The minimum Gasteiger partial charge on any atom is -0.457 e. The number of ether oxygens (including phenoxy) is 1. The second kappa shape index (κ2) is 8.21. The summed E-state index contributed by atoms with van der Waals surface area (Å²) in [5, 5.41) is 5.48. The Morgan fingerprint density at radius 2 is 1.48 bits per heavy atom. The molecule has 0 aliphatic carbocycles. The molecule has 3 aromatic rings. The number of rotatable bonds is 6. The maximum Gasteiger partial charge on any atom is 0.261 e. The molecule has 0 atom stereocenters. The maximum atomic E-state index is 12.6. The lowest BCUT2D eigenvalue weighted by Crippen LogP contribution is -2.19. The van der Waals surface area contributed by atoms with Gasteiger partial charge in [0.15, 0.2) is 0 Å². The highest BCUT2D eigenvalue weighted by atomic mass is 35.5. The lowest BCUT2D eigenvalue weighted by molar-refractivity contribution is 0.481. The molecule has 29 heavy (non-hydrogen) atoms. The first-order valence-corrected chi connectivity index (χ1v) is 11.7. The van der Waals surface area contributed by atoms with Gasteiger partial charge in [-0.1, -0.05) is 41.4 Å². The molecule has 0 aliphatic heterocycles. The van der Waals surface area contributed by atoms with Gasteiger partial charge in [-0.25, -0.2) is 22.0 Å². The third-order valence-corrected chi connectivity index (χ3v) is 6.74. The quantitative estimate of drug-likeness (QED) is 0.556. The van der Waals surface area contributed by atoms with Crippen LogP contribution in [-0.2, 0) is 20.0 Å². The van der Waals surface area contributed by atoms with Gasteiger partial charge in [-0.05, 0) is 42.5 Å². The van der Waals surface area contributed by atoms with Crippen molar-refractivity contribution in [2.45, 2.75) is 9.79 Å². The van der Waals surface area contributed by atoms with Crippen molar-refractivity contribution in [3.63, 3.8) is 0 Å². The number of nitrogens with two attached hydrogens (primary N) is 1. The molecule has 152 valence electrons. The lowest BCUT2D eigenvalue weighted by Gasteiger charge is -2.14. The van der Waals surface area contributed by atoms with E-state index in [2.05, 4.69) is 4.72 Å². The summed E-state index contributed by atoms with van der Waals surface area (Å²) in [5.74, 6) is 0.634. The second-order valence-corrected chi connectivity index (χ2v) is 9.83. The Morgan fingerprint density at radius 1 is 0.793 bits per heavy atom. The summed E-state index contributed by atoms with van der Waals surface area (Å²) in [4.78, 5) is -0.647. The molecule has 0 aliphatic rings. The van der Waals surface area contributed by atoms with E-state index in [-0.39, 0.29) is 26.4 Å². The van der Waals surface area contributed by atoms with Gasteiger partial charge in [0.2, 0.25) is 10.0 Å². The van der Waals surface area contributed by atoms with E-state index in [1.807, 2.05) is 0 Å². The summed E-state index contributed by atoms with van der Waals surface area (Å²) in [5.41, 5.74) is -0.237. The van der Waals surface area contributed by atoms with Gasteiger partial charge < -0.3 is 4.74 Å². The molecule has 0 aromatic heterocycles. The van der Waals surface area contributed by atoms with Crippen LogP contribution in [0.2, 0.25) is 10.0 Å². The Morgan fingerprint density at radius 3 is 2.10 bits per heavy atom. The van der Waals surface area contributed by atoms with Gasteiger partial charge >= 0.3 is 0 Å². The van der Waals surface area contributed by atoms with E-state index >= 15 is 0 Å². The number of benzene rings is 3. The van der Waals surface area contributed by atoms with Crippen LogP contribution < -0.4 is 14.6 Å². The monoisotopic (exact) mass is 472 g/mol. The summed E-state index contributed by atoms with van der Waals surface area (Å²) in [6, 6.07) is 16.1. The first-order valence-electron chi connectivity index (χ1n) is 7.94. The molecule has 0 fully saturated rings. The van der Waals surface area contributed by atoms with Crippen molar-refractivity contribution in [3.05, 3.63) is 76.8 Å². The van der Waals surface area contributed by atoms with E-state index in [4.69, 9.17) is 33.1 Å². The summed E-state index contributed by atoms with van der Waals surface area (Å²) in [6.07, 6.45) is 0. The van der Waals surface area contributed by atoms with Gasteiger partial charge in [0, 0.05) is 6.07 Å². The van der Waals surface area contributed by atoms with Crippen LogP contribution >= 0.6 is 23.2 Å². The molecular formula is C18H14Cl2N2O5S2. The molecule has 0 saturated heterocycles. The van der Waals surface area contributed by atoms with Gasteiger partial charge in [-0.2, -0.15) is 0 Å². The van der Waals surface area contributed by atoms with Gasteiger partial charge in [0.05, 0.1) is 20.6 Å². The van der Waals surface area contributed by atoms with Crippen molar-refractivity contribution in [2.24, 2.45) is 5.14 Å². The van der Waals surface area contributed by atoms with Crippen molar-refractivity contribution < 1.29 is 21.6 Å². The third-order valence-electron chi connectivity index (χ3n) is 3.68. The number of nitrogens with one attached hydrogen (secondary N) is 1. The molecule has 3 N–H and O–H groups in total. The average molecular weight is 473 g/mol. The van der Waals surface area contributed by atoms with Crippen molar-refractivity contribution in [1.29, 1.82) is 0 Å². The molecule has 3 aromatic carbocycles. The second-order valence-electron chi connectivity index (χ2n) is 5.80. The standard InChI is InChI=1S/C18H14Cl2N2O5S2/c19-15-8-7-14(11-16(15)20)29(25,26)22-17-9-6-13(10-18(17)28(21,23)24)27-12-4-2-1-3-5-12/h1-11,22H,(H2,21,23,24). The molecule has 3 rings (SSSR count).